The van der Waals surface area contributed by atoms with E-state index in [1.54, 1.807) is 22.9 Å². The fraction of sp³-hybridized carbons (Fsp3) is 0.100. The van der Waals surface area contributed by atoms with Crippen molar-refractivity contribution >= 4 is 11.6 Å². The molecule has 0 aliphatic rings. The molecule has 0 amide bonds. The van der Waals surface area contributed by atoms with Gasteiger partial charge in [0.15, 0.2) is 0 Å². The van der Waals surface area contributed by atoms with Gasteiger partial charge in [-0.2, -0.15) is 0 Å². The van der Waals surface area contributed by atoms with Crippen molar-refractivity contribution in [3.63, 3.8) is 0 Å². The van der Waals surface area contributed by atoms with Crippen LogP contribution in [0.25, 0.3) is 11.3 Å². The van der Waals surface area contributed by atoms with Gasteiger partial charge < -0.3 is 4.57 Å². The average molecular weight is 211 g/mol. The minimum absolute atomic E-state index is 0.248. The maximum Gasteiger partial charge on any atom is 0.202 e. The minimum atomic E-state index is -0.248. The molecule has 1 heterocycles. The number of hydrogen-bond donors (Lipinski definition) is 0. The Morgan fingerprint density at radius 3 is 2.43 bits per heavy atom. The molecule has 0 fully saturated rings. The van der Waals surface area contributed by atoms with Crippen LogP contribution >= 0.6 is 11.6 Å². The molecule has 1 aromatic heterocycles. The molecule has 0 radical (unpaired) electrons. The Hall–Kier alpha value is -1.35. The molecule has 0 saturated heterocycles. The normalized spacial score (nSPS) is 10.5. The predicted molar refractivity (Wildman–Crippen MR) is 53.6 cm³/mol. The molecule has 0 atom stereocenters. The van der Waals surface area contributed by atoms with E-state index in [4.69, 9.17) is 11.6 Å². The largest absolute Gasteiger partial charge is 0.318 e. The second-order valence-electron chi connectivity index (χ2n) is 2.98. The van der Waals surface area contributed by atoms with Crippen LogP contribution in [0.15, 0.2) is 30.5 Å². The topological polar surface area (TPSA) is 17.8 Å². The van der Waals surface area contributed by atoms with E-state index in [9.17, 15) is 4.39 Å². The first-order valence-electron chi connectivity index (χ1n) is 4.11. The van der Waals surface area contributed by atoms with Crippen molar-refractivity contribution in [3.05, 3.63) is 41.6 Å². The van der Waals surface area contributed by atoms with Gasteiger partial charge >= 0.3 is 0 Å². The monoisotopic (exact) mass is 210 g/mol. The van der Waals surface area contributed by atoms with Crippen molar-refractivity contribution in [2.45, 2.75) is 0 Å². The first-order chi connectivity index (χ1) is 6.68. The van der Waals surface area contributed by atoms with Crippen LogP contribution in [0.5, 0.6) is 0 Å². The van der Waals surface area contributed by atoms with Crippen LogP contribution in [0.4, 0.5) is 4.39 Å². The number of aromatic nitrogens is 2. The Balaban J connectivity index is 2.49. The van der Waals surface area contributed by atoms with Crippen molar-refractivity contribution < 1.29 is 4.39 Å². The lowest BCUT2D eigenvalue weighted by Gasteiger charge is -2.02. The number of hydrogen-bond acceptors (Lipinski definition) is 1. The van der Waals surface area contributed by atoms with Gasteiger partial charge in [-0.15, -0.1) is 0 Å². The summed E-state index contributed by atoms with van der Waals surface area (Å²) in [7, 11) is 1.81. The third-order valence-corrected chi connectivity index (χ3v) is 2.42. The Bertz CT molecular complexity index is 448. The van der Waals surface area contributed by atoms with E-state index in [-0.39, 0.29) is 5.82 Å². The zero-order valence-electron chi connectivity index (χ0n) is 7.54. The number of halogens is 2. The summed E-state index contributed by atoms with van der Waals surface area (Å²) in [6.07, 6.45) is 1.66. The van der Waals surface area contributed by atoms with Crippen LogP contribution in [-0.2, 0) is 7.05 Å². The van der Waals surface area contributed by atoms with Crippen molar-refractivity contribution in [3.8, 4) is 11.3 Å². The fourth-order valence-corrected chi connectivity index (χ4v) is 1.42. The lowest BCUT2D eigenvalue weighted by atomic mass is 10.2. The Kier molecular flexibility index (Phi) is 2.25. The Labute approximate surface area is 86.0 Å². The third-order valence-electron chi connectivity index (χ3n) is 2.07. The minimum Gasteiger partial charge on any atom is -0.318 e. The van der Waals surface area contributed by atoms with E-state index >= 15 is 0 Å². The van der Waals surface area contributed by atoms with Gasteiger partial charge in [0, 0.05) is 7.05 Å². The van der Waals surface area contributed by atoms with Gasteiger partial charge in [0.05, 0.1) is 11.9 Å². The molecule has 0 aliphatic carbocycles. The second-order valence-corrected chi connectivity index (χ2v) is 3.32. The van der Waals surface area contributed by atoms with E-state index < -0.39 is 0 Å². The summed E-state index contributed by atoms with van der Waals surface area (Å²) < 4.78 is 14.4. The van der Waals surface area contributed by atoms with Gasteiger partial charge in [-0.1, -0.05) is 0 Å². The molecule has 1 aromatic carbocycles. The second kappa shape index (κ2) is 3.42. The van der Waals surface area contributed by atoms with E-state index in [1.807, 2.05) is 7.05 Å². The van der Waals surface area contributed by atoms with Gasteiger partial charge in [-0.25, -0.2) is 9.37 Å². The zero-order chi connectivity index (χ0) is 10.1. The summed E-state index contributed by atoms with van der Waals surface area (Å²) in [5.74, 6) is -0.248. The van der Waals surface area contributed by atoms with Crippen molar-refractivity contribution in [2.75, 3.05) is 0 Å². The summed E-state index contributed by atoms with van der Waals surface area (Å²) >= 11 is 5.79. The lowest BCUT2D eigenvalue weighted by Crippen LogP contribution is -1.91. The summed E-state index contributed by atoms with van der Waals surface area (Å²) in [6, 6.07) is 6.22. The molecule has 14 heavy (non-hydrogen) atoms. The molecule has 2 aromatic rings. The highest BCUT2D eigenvalue weighted by Crippen LogP contribution is 2.21. The molecule has 72 valence electrons. The Morgan fingerprint density at radius 1 is 1.29 bits per heavy atom. The van der Waals surface area contributed by atoms with E-state index in [0.717, 1.165) is 11.3 Å². The van der Waals surface area contributed by atoms with Gasteiger partial charge in [0.1, 0.15) is 5.82 Å². The van der Waals surface area contributed by atoms with Crippen LogP contribution in [0.1, 0.15) is 0 Å². The van der Waals surface area contributed by atoms with Gasteiger partial charge in [-0.05, 0) is 41.4 Å². The lowest BCUT2D eigenvalue weighted by molar-refractivity contribution is 0.628. The van der Waals surface area contributed by atoms with Crippen molar-refractivity contribution in [1.29, 1.82) is 0 Å². The molecule has 4 heteroatoms. The number of rotatable bonds is 1. The molecular formula is C10H8ClFN2. The highest BCUT2D eigenvalue weighted by atomic mass is 35.5. The highest BCUT2D eigenvalue weighted by Gasteiger charge is 2.05. The fourth-order valence-electron chi connectivity index (χ4n) is 1.28. The first kappa shape index (κ1) is 9.21. The Morgan fingerprint density at radius 2 is 1.93 bits per heavy atom. The molecule has 0 bridgehead atoms. The molecule has 2 rings (SSSR count). The van der Waals surface area contributed by atoms with Gasteiger partial charge in [0.2, 0.25) is 5.28 Å². The number of benzene rings is 1. The van der Waals surface area contributed by atoms with Gasteiger partial charge in [-0.3, -0.25) is 0 Å². The predicted octanol–water partition coefficient (Wildman–Crippen LogP) is 2.88. The molecule has 0 unspecified atom stereocenters. The summed E-state index contributed by atoms with van der Waals surface area (Å²) in [4.78, 5) is 3.95. The highest BCUT2D eigenvalue weighted by molar-refractivity contribution is 6.28. The summed E-state index contributed by atoms with van der Waals surface area (Å²) in [5, 5.41) is 0.421. The SMILES string of the molecule is Cn1c(-c2ccc(F)cc2)cnc1Cl. The van der Waals surface area contributed by atoms with Crippen molar-refractivity contribution in [1.82, 2.24) is 9.55 Å². The maximum atomic E-state index is 12.7. The van der Waals surface area contributed by atoms with Gasteiger partial charge in [0.25, 0.3) is 0 Å². The molecule has 0 spiro atoms. The van der Waals surface area contributed by atoms with E-state index in [2.05, 4.69) is 4.98 Å². The molecule has 0 aliphatic heterocycles. The third kappa shape index (κ3) is 1.51. The smallest absolute Gasteiger partial charge is 0.202 e. The summed E-state index contributed by atoms with van der Waals surface area (Å²) in [5.41, 5.74) is 1.77. The number of nitrogens with zero attached hydrogens (tertiary/aromatic N) is 2. The first-order valence-corrected chi connectivity index (χ1v) is 4.49. The average Bonchev–Trinajstić information content (AvgIpc) is 2.50. The van der Waals surface area contributed by atoms with Crippen LogP contribution in [0, 0.1) is 5.82 Å². The van der Waals surface area contributed by atoms with E-state index in [1.165, 1.54) is 12.1 Å². The zero-order valence-corrected chi connectivity index (χ0v) is 8.29. The van der Waals surface area contributed by atoms with Crippen LogP contribution < -0.4 is 0 Å². The molecular weight excluding hydrogens is 203 g/mol. The van der Waals surface area contributed by atoms with E-state index in [0.29, 0.717) is 5.28 Å². The quantitative estimate of drug-likeness (QED) is 0.708. The summed E-state index contributed by atoms with van der Waals surface area (Å²) in [6.45, 7) is 0. The standard InChI is InChI=1S/C10H8ClFN2/c1-14-9(6-13-10(14)11)7-2-4-8(12)5-3-7/h2-6H,1H3. The van der Waals surface area contributed by atoms with Crippen molar-refractivity contribution in [2.24, 2.45) is 7.05 Å². The number of imidazole rings is 1. The van der Waals surface area contributed by atoms with Crippen LogP contribution in [0.3, 0.4) is 0 Å². The molecule has 2 nitrogen and oxygen atoms in total. The van der Waals surface area contributed by atoms with Crippen LogP contribution in [-0.4, -0.2) is 9.55 Å². The molecule has 0 N–H and O–H groups in total. The maximum absolute atomic E-state index is 12.7. The molecule has 0 saturated carbocycles. The van der Waals surface area contributed by atoms with Crippen LogP contribution in [0.2, 0.25) is 5.28 Å².